The quantitative estimate of drug-likeness (QED) is 0.0829. The molecule has 56 heavy (non-hydrogen) atoms. The number of piperidine rings is 1. The molecule has 3 aromatic rings. The number of hydrazine groups is 1. The number of nitrogens with one attached hydrogen (secondary N) is 2. The normalized spacial score (nSPS) is 37.2. The standard InChI is InChI=1S/C42H52F2N6O6/c1-6-39-12-9-14-50-15-13-40(33(39)50)27-17-28(31(55-4)18-30(27)48(3)34(40)42(54,35(39)51)36(52)47-45)41(37(53)56-5)19-23-16-24(38(2,43)44)21-49(20-23)22-26-25-10-7-8-11-29(25)46-32(26)41/h7-12,17-18,23-24,33-35,46,51,54H,6,13-16,19-22,45H2,1-5H3,(H,47,52)/t23-,24+,33-,34+,35+,39+,40+,41-,42-/m0/s1. The molecule has 1 unspecified atom stereocenters. The maximum absolute atomic E-state index is 15.3. The number of halogens is 2. The Kier molecular flexibility index (Phi) is 8.34. The lowest BCUT2D eigenvalue weighted by Gasteiger charge is -2.63. The molecule has 2 saturated heterocycles. The number of benzene rings is 2. The number of fused-ring (bicyclic) bond motifs is 6. The van der Waals surface area contributed by atoms with Gasteiger partial charge in [-0.2, -0.15) is 0 Å². The number of rotatable bonds is 6. The second kappa shape index (κ2) is 12.5. The number of hydrogen-bond acceptors (Lipinski definition) is 10. The van der Waals surface area contributed by atoms with E-state index in [4.69, 9.17) is 15.3 Å². The Morgan fingerprint density at radius 1 is 1.14 bits per heavy atom. The average Bonchev–Trinajstić information content (AvgIpc) is 3.84. The maximum Gasteiger partial charge on any atom is 0.322 e. The number of alkyl halides is 2. The van der Waals surface area contributed by atoms with E-state index in [1.54, 1.807) is 0 Å². The summed E-state index contributed by atoms with van der Waals surface area (Å²) < 4.78 is 42.6. The van der Waals surface area contributed by atoms with E-state index >= 15 is 13.6 Å². The summed E-state index contributed by atoms with van der Waals surface area (Å²) in [7, 11) is 4.70. The highest BCUT2D eigenvalue weighted by molar-refractivity contribution is 5.95. The molecule has 0 radical (unpaired) electrons. The molecule has 1 aromatic heterocycles. The smallest absolute Gasteiger partial charge is 0.322 e. The van der Waals surface area contributed by atoms with Crippen LogP contribution in [-0.2, 0) is 31.7 Å². The third-order valence-corrected chi connectivity index (χ3v) is 15.0. The minimum atomic E-state index is -2.93. The molecule has 5 aliphatic heterocycles. The van der Waals surface area contributed by atoms with Crippen molar-refractivity contribution in [2.75, 3.05) is 52.3 Å². The summed E-state index contributed by atoms with van der Waals surface area (Å²) >= 11 is 0. The number of likely N-dealkylation sites (N-methyl/N-ethyl adjacent to an activating group) is 1. The Morgan fingerprint density at radius 2 is 1.91 bits per heavy atom. The zero-order valence-corrected chi connectivity index (χ0v) is 32.6. The number of para-hydroxylation sites is 1. The van der Waals surface area contributed by atoms with Crippen LogP contribution in [0.25, 0.3) is 10.9 Å². The fourth-order valence-electron chi connectivity index (χ4n) is 12.9. The van der Waals surface area contributed by atoms with Crippen molar-refractivity contribution in [1.29, 1.82) is 0 Å². The van der Waals surface area contributed by atoms with Crippen molar-refractivity contribution < 1.29 is 38.1 Å². The molecule has 1 spiro atoms. The zero-order valence-electron chi connectivity index (χ0n) is 32.6. The van der Waals surface area contributed by atoms with Gasteiger partial charge in [0, 0.05) is 89.9 Å². The van der Waals surface area contributed by atoms with Gasteiger partial charge in [0.2, 0.25) is 5.92 Å². The van der Waals surface area contributed by atoms with Crippen molar-refractivity contribution in [3.05, 3.63) is 70.9 Å². The minimum Gasteiger partial charge on any atom is -0.496 e. The van der Waals surface area contributed by atoms with Crippen molar-refractivity contribution in [3.8, 4) is 5.75 Å². The Hall–Kier alpha value is -4.08. The molecule has 2 bridgehead atoms. The average molecular weight is 775 g/mol. The largest absolute Gasteiger partial charge is 0.496 e. The van der Waals surface area contributed by atoms with Crippen LogP contribution in [0.1, 0.15) is 61.9 Å². The number of esters is 1. The van der Waals surface area contributed by atoms with Gasteiger partial charge in [-0.05, 0) is 68.3 Å². The summed E-state index contributed by atoms with van der Waals surface area (Å²) in [6.07, 6.45) is 3.81. The topological polar surface area (TPSA) is 157 Å². The van der Waals surface area contributed by atoms with E-state index in [1.165, 1.54) is 14.2 Å². The lowest BCUT2D eigenvalue weighted by atomic mass is 9.47. The molecule has 9 rings (SSSR count). The van der Waals surface area contributed by atoms with Crippen molar-refractivity contribution in [1.82, 2.24) is 20.2 Å². The first-order chi connectivity index (χ1) is 26.7. The zero-order chi connectivity index (χ0) is 39.7. The molecule has 6 aliphatic rings. The van der Waals surface area contributed by atoms with Gasteiger partial charge in [0.25, 0.3) is 5.91 Å². The fourth-order valence-corrected chi connectivity index (χ4v) is 12.9. The molecule has 300 valence electrons. The van der Waals surface area contributed by atoms with Crippen molar-refractivity contribution in [2.45, 2.75) is 86.6 Å². The van der Waals surface area contributed by atoms with Crippen LogP contribution in [-0.4, -0.2) is 114 Å². The van der Waals surface area contributed by atoms with Crippen LogP contribution in [0.3, 0.4) is 0 Å². The van der Waals surface area contributed by atoms with Gasteiger partial charge in [0.1, 0.15) is 17.3 Å². The van der Waals surface area contributed by atoms with E-state index in [0.29, 0.717) is 61.7 Å². The minimum absolute atomic E-state index is 0.166. The number of amides is 1. The van der Waals surface area contributed by atoms with Crippen LogP contribution in [0.5, 0.6) is 5.75 Å². The number of carbonyl (C=O) groups is 2. The number of methoxy groups -OCH3 is 2. The van der Waals surface area contributed by atoms with Crippen LogP contribution in [0, 0.1) is 17.3 Å². The summed E-state index contributed by atoms with van der Waals surface area (Å²) in [5.41, 5.74) is 0.616. The van der Waals surface area contributed by atoms with E-state index in [-0.39, 0.29) is 31.3 Å². The van der Waals surface area contributed by atoms with E-state index < -0.39 is 57.7 Å². The number of nitrogens with two attached hydrogens (primary N) is 1. The number of aliphatic hydroxyl groups excluding tert-OH is 1. The highest BCUT2D eigenvalue weighted by Gasteiger charge is 2.78. The summed E-state index contributed by atoms with van der Waals surface area (Å²) in [5.74, 6) is 0.594. The first-order valence-corrected chi connectivity index (χ1v) is 19.7. The van der Waals surface area contributed by atoms with Gasteiger partial charge < -0.3 is 29.6 Å². The lowest BCUT2D eigenvalue weighted by Crippen LogP contribution is -2.82. The molecule has 1 amide bonds. The van der Waals surface area contributed by atoms with Crippen LogP contribution < -0.4 is 20.9 Å². The third-order valence-electron chi connectivity index (χ3n) is 15.0. The molecule has 1 saturated carbocycles. The van der Waals surface area contributed by atoms with E-state index in [9.17, 15) is 15.0 Å². The van der Waals surface area contributed by atoms with Gasteiger partial charge >= 0.3 is 5.97 Å². The van der Waals surface area contributed by atoms with E-state index in [2.05, 4.69) is 20.2 Å². The predicted molar refractivity (Wildman–Crippen MR) is 205 cm³/mol. The molecule has 10 atom stereocenters. The van der Waals surface area contributed by atoms with E-state index in [1.807, 2.05) is 67.4 Å². The number of carbonyl (C=O) groups excluding carboxylic acids is 2. The summed E-state index contributed by atoms with van der Waals surface area (Å²) in [5, 5.41) is 26.1. The van der Waals surface area contributed by atoms with E-state index in [0.717, 1.165) is 29.0 Å². The van der Waals surface area contributed by atoms with Crippen LogP contribution in [0.15, 0.2) is 48.6 Å². The summed E-state index contributed by atoms with van der Waals surface area (Å²) in [4.78, 5) is 39.0. The molecule has 14 heteroatoms. The first kappa shape index (κ1) is 37.5. The molecular weight excluding hydrogens is 722 g/mol. The number of aromatic amines is 1. The molecule has 3 fully saturated rings. The fraction of sp³-hybridized carbons (Fsp3) is 0.571. The first-order valence-electron chi connectivity index (χ1n) is 19.7. The number of aromatic nitrogens is 1. The van der Waals surface area contributed by atoms with Gasteiger partial charge in [-0.3, -0.25) is 24.8 Å². The molecule has 6 N–H and O–H groups in total. The Morgan fingerprint density at radius 3 is 2.61 bits per heavy atom. The number of H-pyrrole nitrogens is 1. The number of anilines is 1. The van der Waals surface area contributed by atoms with Gasteiger partial charge in [-0.1, -0.05) is 37.3 Å². The van der Waals surface area contributed by atoms with Gasteiger partial charge in [-0.15, -0.1) is 0 Å². The molecular formula is C42H52F2N6O6. The Balaban J connectivity index is 1.35. The van der Waals surface area contributed by atoms with Crippen molar-refractivity contribution >= 4 is 28.5 Å². The molecule has 6 heterocycles. The number of nitrogens with zero attached hydrogens (tertiary/aromatic N) is 3. The third kappa shape index (κ3) is 4.56. The van der Waals surface area contributed by atoms with Gasteiger partial charge in [0.15, 0.2) is 5.60 Å². The lowest BCUT2D eigenvalue weighted by molar-refractivity contribution is -0.203. The Labute approximate surface area is 324 Å². The number of ether oxygens (including phenoxy) is 2. The van der Waals surface area contributed by atoms with Gasteiger partial charge in [-0.25, -0.2) is 14.6 Å². The second-order valence-electron chi connectivity index (χ2n) is 17.4. The summed E-state index contributed by atoms with van der Waals surface area (Å²) in [6.45, 7) is 5.32. The molecule has 1 aliphatic carbocycles. The number of hydrogen-bond donors (Lipinski definition) is 5. The monoisotopic (exact) mass is 774 g/mol. The number of aliphatic hydroxyl groups is 2. The Bertz CT molecular complexity index is 2160. The van der Waals surface area contributed by atoms with Crippen LogP contribution in [0.4, 0.5) is 14.5 Å². The predicted octanol–water partition coefficient (Wildman–Crippen LogP) is 3.32. The van der Waals surface area contributed by atoms with Crippen molar-refractivity contribution in [3.63, 3.8) is 0 Å². The summed E-state index contributed by atoms with van der Waals surface area (Å²) in [6, 6.07) is 10.4. The van der Waals surface area contributed by atoms with Crippen molar-refractivity contribution in [2.24, 2.45) is 23.1 Å². The molecule has 2 aromatic carbocycles. The molecule has 12 nitrogen and oxygen atoms in total. The SMILES string of the molecule is CC[C@]12C=CCN3CC[C@@]4(c5cc([C@@]6(C(=O)OC)C[C@@H]7C[C@@H](C(C)(F)F)CN(Cc8c6[nH]c6ccccc86)C7)c(OC)cc5N(C)[C@H]4[C@@](O)(C(=O)NN)[C@@H]1O)[C@@H]32. The van der Waals surface area contributed by atoms with Crippen LogP contribution in [0.2, 0.25) is 0 Å². The second-order valence-corrected chi connectivity index (χ2v) is 17.4. The van der Waals surface area contributed by atoms with Crippen LogP contribution >= 0.6 is 0 Å². The highest BCUT2D eigenvalue weighted by atomic mass is 19.3. The van der Waals surface area contributed by atoms with Gasteiger partial charge in [0.05, 0.1) is 20.3 Å². The maximum atomic E-state index is 15.3. The highest BCUT2D eigenvalue weighted by Crippen LogP contribution is 2.67.